The largest absolute Gasteiger partial charge is 0.366 e. The number of anilines is 1. The fourth-order valence-electron chi connectivity index (χ4n) is 2.50. The third-order valence-electron chi connectivity index (χ3n) is 3.72. The molecule has 0 amide bonds. The summed E-state index contributed by atoms with van der Waals surface area (Å²) in [5.74, 6) is 0. The maximum Gasteiger partial charge on any atom is 0.0992 e. The Kier molecular flexibility index (Phi) is 4.91. The minimum absolute atomic E-state index is 0.00291. The molecule has 2 unspecified atom stereocenters. The molecule has 2 atom stereocenters. The number of hydrogen-bond acceptors (Lipinski definition) is 4. The van der Waals surface area contributed by atoms with Crippen molar-refractivity contribution in [1.29, 1.82) is 5.26 Å². The van der Waals surface area contributed by atoms with Gasteiger partial charge in [-0.3, -0.25) is 4.98 Å². The van der Waals surface area contributed by atoms with Crippen LogP contribution in [-0.4, -0.2) is 18.1 Å². The van der Waals surface area contributed by atoms with E-state index in [1.807, 2.05) is 37.4 Å². The van der Waals surface area contributed by atoms with Crippen molar-refractivity contribution in [1.82, 2.24) is 4.98 Å². The molecule has 0 aliphatic heterocycles. The second-order valence-corrected chi connectivity index (χ2v) is 5.07. The van der Waals surface area contributed by atoms with E-state index in [0.717, 1.165) is 17.7 Å². The number of pyridine rings is 1. The lowest BCUT2D eigenvalue weighted by atomic mass is 9.97. The maximum absolute atomic E-state index is 9.05. The minimum Gasteiger partial charge on any atom is -0.366 e. The Bertz CT molecular complexity index is 618. The molecule has 0 saturated heterocycles. The van der Waals surface area contributed by atoms with Crippen molar-refractivity contribution in [2.45, 2.75) is 25.4 Å². The van der Waals surface area contributed by atoms with Crippen molar-refractivity contribution >= 4 is 5.69 Å². The van der Waals surface area contributed by atoms with Crippen LogP contribution in [0.4, 0.5) is 5.69 Å². The van der Waals surface area contributed by atoms with Gasteiger partial charge >= 0.3 is 0 Å². The molecule has 4 heteroatoms. The molecule has 21 heavy (non-hydrogen) atoms. The lowest BCUT2D eigenvalue weighted by Crippen LogP contribution is -2.39. The Labute approximate surface area is 125 Å². The molecule has 2 aromatic rings. The molecule has 0 aliphatic carbocycles. The van der Waals surface area contributed by atoms with Gasteiger partial charge in [-0.15, -0.1) is 0 Å². The summed E-state index contributed by atoms with van der Waals surface area (Å²) in [6.45, 7) is 2.08. The number of nitrogens with two attached hydrogens (primary N) is 1. The third kappa shape index (κ3) is 3.39. The van der Waals surface area contributed by atoms with Gasteiger partial charge in [0.2, 0.25) is 0 Å². The molecule has 0 bridgehead atoms. The Morgan fingerprint density at radius 2 is 2.00 bits per heavy atom. The van der Waals surface area contributed by atoms with Gasteiger partial charge in [0.25, 0.3) is 0 Å². The number of nitriles is 1. The van der Waals surface area contributed by atoms with Crippen LogP contribution in [0.1, 0.15) is 30.5 Å². The van der Waals surface area contributed by atoms with E-state index in [2.05, 4.69) is 22.9 Å². The smallest absolute Gasteiger partial charge is 0.0992 e. The molecule has 1 heterocycles. The van der Waals surface area contributed by atoms with Crippen LogP contribution >= 0.6 is 0 Å². The van der Waals surface area contributed by atoms with Gasteiger partial charge in [0.05, 0.1) is 17.7 Å². The van der Waals surface area contributed by atoms with Crippen LogP contribution in [0.2, 0.25) is 0 Å². The molecule has 0 fully saturated rings. The SMILES string of the molecule is CCC(N)C(c1ccncc1)N(C)c1cccc(C#N)c1. The van der Waals surface area contributed by atoms with Crippen LogP contribution < -0.4 is 10.6 Å². The average Bonchev–Trinajstić information content (AvgIpc) is 2.55. The van der Waals surface area contributed by atoms with Crippen molar-refractivity contribution in [2.24, 2.45) is 5.73 Å². The number of aromatic nitrogens is 1. The van der Waals surface area contributed by atoms with Crippen LogP contribution in [0.3, 0.4) is 0 Å². The summed E-state index contributed by atoms with van der Waals surface area (Å²) in [5.41, 5.74) is 9.10. The second kappa shape index (κ2) is 6.87. The fraction of sp³-hybridized carbons (Fsp3) is 0.294. The minimum atomic E-state index is 0.00291. The highest BCUT2D eigenvalue weighted by atomic mass is 15.2. The predicted octanol–water partition coefficient (Wildman–Crippen LogP) is 2.87. The number of hydrogen-bond donors (Lipinski definition) is 1. The van der Waals surface area contributed by atoms with Crippen molar-refractivity contribution < 1.29 is 0 Å². The van der Waals surface area contributed by atoms with E-state index in [0.29, 0.717) is 5.56 Å². The number of benzene rings is 1. The molecule has 2 N–H and O–H groups in total. The van der Waals surface area contributed by atoms with Crippen LogP contribution in [0.25, 0.3) is 0 Å². The van der Waals surface area contributed by atoms with Gasteiger partial charge in [-0.1, -0.05) is 13.0 Å². The Morgan fingerprint density at radius 1 is 1.29 bits per heavy atom. The maximum atomic E-state index is 9.05. The quantitative estimate of drug-likeness (QED) is 0.914. The molecule has 1 aromatic heterocycles. The number of nitrogens with zero attached hydrogens (tertiary/aromatic N) is 3. The molecule has 0 aliphatic rings. The van der Waals surface area contributed by atoms with Gasteiger partial charge in [-0.2, -0.15) is 5.26 Å². The third-order valence-corrected chi connectivity index (χ3v) is 3.72. The summed E-state index contributed by atoms with van der Waals surface area (Å²) in [6.07, 6.45) is 4.43. The molecule has 108 valence electrons. The topological polar surface area (TPSA) is 65.9 Å². The van der Waals surface area contributed by atoms with E-state index in [9.17, 15) is 0 Å². The van der Waals surface area contributed by atoms with Gasteiger partial charge in [0.1, 0.15) is 0 Å². The van der Waals surface area contributed by atoms with Crippen molar-refractivity contribution in [3.05, 3.63) is 59.9 Å². The summed E-state index contributed by atoms with van der Waals surface area (Å²) in [6, 6.07) is 13.8. The molecular formula is C17H20N4. The normalized spacial score (nSPS) is 13.2. The zero-order chi connectivity index (χ0) is 15.2. The Balaban J connectivity index is 2.39. The van der Waals surface area contributed by atoms with E-state index in [4.69, 9.17) is 11.0 Å². The molecule has 0 spiro atoms. The fourth-order valence-corrected chi connectivity index (χ4v) is 2.50. The van der Waals surface area contributed by atoms with E-state index < -0.39 is 0 Å². The first-order valence-corrected chi connectivity index (χ1v) is 7.06. The van der Waals surface area contributed by atoms with Gasteiger partial charge < -0.3 is 10.6 Å². The number of likely N-dealkylation sites (N-methyl/N-ethyl adjacent to an activating group) is 1. The molecule has 0 saturated carbocycles. The lowest BCUT2D eigenvalue weighted by Gasteiger charge is -2.34. The van der Waals surface area contributed by atoms with Gasteiger partial charge in [-0.05, 0) is 42.3 Å². The lowest BCUT2D eigenvalue weighted by molar-refractivity contribution is 0.510. The van der Waals surface area contributed by atoms with Crippen LogP contribution in [-0.2, 0) is 0 Å². The van der Waals surface area contributed by atoms with Crippen molar-refractivity contribution in [3.8, 4) is 6.07 Å². The number of rotatable bonds is 5. The zero-order valence-electron chi connectivity index (χ0n) is 12.4. The van der Waals surface area contributed by atoms with E-state index in [1.165, 1.54) is 0 Å². The molecule has 2 rings (SSSR count). The van der Waals surface area contributed by atoms with Crippen molar-refractivity contribution in [3.63, 3.8) is 0 Å². The van der Waals surface area contributed by atoms with Gasteiger partial charge in [0.15, 0.2) is 0 Å². The molecule has 0 radical (unpaired) electrons. The van der Waals surface area contributed by atoms with E-state index >= 15 is 0 Å². The van der Waals surface area contributed by atoms with Gasteiger partial charge in [-0.25, -0.2) is 0 Å². The predicted molar refractivity (Wildman–Crippen MR) is 84.8 cm³/mol. The average molecular weight is 280 g/mol. The highest BCUT2D eigenvalue weighted by molar-refractivity contribution is 5.53. The summed E-state index contributed by atoms with van der Waals surface area (Å²) >= 11 is 0. The van der Waals surface area contributed by atoms with Gasteiger partial charge in [0, 0.05) is 31.2 Å². The summed E-state index contributed by atoms with van der Waals surface area (Å²) < 4.78 is 0. The first-order valence-electron chi connectivity index (χ1n) is 7.06. The molecular weight excluding hydrogens is 260 g/mol. The first kappa shape index (κ1) is 15.0. The first-order chi connectivity index (χ1) is 10.2. The summed E-state index contributed by atoms with van der Waals surface area (Å²) in [5, 5.41) is 9.05. The van der Waals surface area contributed by atoms with Crippen LogP contribution in [0.5, 0.6) is 0 Å². The monoisotopic (exact) mass is 280 g/mol. The molecule has 4 nitrogen and oxygen atoms in total. The summed E-state index contributed by atoms with van der Waals surface area (Å²) in [7, 11) is 2.01. The van der Waals surface area contributed by atoms with E-state index in [1.54, 1.807) is 18.5 Å². The zero-order valence-corrected chi connectivity index (χ0v) is 12.4. The van der Waals surface area contributed by atoms with Crippen LogP contribution in [0.15, 0.2) is 48.8 Å². The standard InChI is InChI=1S/C17H20N4/c1-3-16(19)17(14-7-9-20-10-8-14)21(2)15-6-4-5-13(11-15)12-18/h4-11,16-17H,3,19H2,1-2H3. The Hall–Kier alpha value is -2.38. The second-order valence-electron chi connectivity index (χ2n) is 5.07. The highest BCUT2D eigenvalue weighted by Gasteiger charge is 2.23. The Morgan fingerprint density at radius 3 is 2.62 bits per heavy atom. The van der Waals surface area contributed by atoms with Crippen LogP contribution in [0, 0.1) is 11.3 Å². The van der Waals surface area contributed by atoms with E-state index in [-0.39, 0.29) is 12.1 Å². The van der Waals surface area contributed by atoms with Crippen molar-refractivity contribution in [2.75, 3.05) is 11.9 Å². The summed E-state index contributed by atoms with van der Waals surface area (Å²) in [4.78, 5) is 6.20. The molecule has 1 aromatic carbocycles. The highest BCUT2D eigenvalue weighted by Crippen LogP contribution is 2.29.